The summed E-state index contributed by atoms with van der Waals surface area (Å²) in [4.78, 5) is 23.9. The first-order valence-corrected chi connectivity index (χ1v) is 9.01. The molecule has 0 heterocycles. The van der Waals surface area contributed by atoms with Crippen LogP contribution in [-0.2, 0) is 19.1 Å². The van der Waals surface area contributed by atoms with E-state index in [1.54, 1.807) is 6.08 Å². The summed E-state index contributed by atoms with van der Waals surface area (Å²) in [6, 6.07) is 15.8. The van der Waals surface area contributed by atoms with E-state index in [1.807, 2.05) is 67.6 Å². The van der Waals surface area contributed by atoms with E-state index in [0.29, 0.717) is 6.47 Å². The maximum atomic E-state index is 12.8. The smallest absolute Gasteiger partial charge is 0.293 e. The number of allylic oxidation sites excluding steroid dienone is 3. The summed E-state index contributed by atoms with van der Waals surface area (Å²) in [5.74, 6) is -0.606. The molecule has 0 N–H and O–H groups in total. The van der Waals surface area contributed by atoms with Crippen LogP contribution in [0.5, 0.6) is 0 Å². The van der Waals surface area contributed by atoms with Crippen molar-refractivity contribution in [1.82, 2.24) is 0 Å². The second-order valence-electron chi connectivity index (χ2n) is 6.25. The van der Waals surface area contributed by atoms with Gasteiger partial charge in [0.25, 0.3) is 6.47 Å². The Morgan fingerprint density at radius 3 is 2.26 bits per heavy atom. The molecule has 0 saturated carbocycles. The lowest BCUT2D eigenvalue weighted by Gasteiger charge is -2.22. The lowest BCUT2D eigenvalue weighted by atomic mass is 9.89. The molecule has 4 nitrogen and oxygen atoms in total. The van der Waals surface area contributed by atoms with Crippen LogP contribution in [0.25, 0.3) is 11.1 Å². The average Bonchev–Trinajstić information content (AvgIpc) is 3.03. The van der Waals surface area contributed by atoms with Gasteiger partial charge in [-0.05, 0) is 34.8 Å². The third-order valence-electron chi connectivity index (χ3n) is 4.59. The number of ketones is 1. The minimum Gasteiger partial charge on any atom is -0.493 e. The molecule has 2 aromatic carbocycles. The van der Waals surface area contributed by atoms with Crippen LogP contribution in [-0.4, -0.2) is 25.0 Å². The Labute approximate surface area is 159 Å². The van der Waals surface area contributed by atoms with Gasteiger partial charge in [0, 0.05) is 0 Å². The van der Waals surface area contributed by atoms with Gasteiger partial charge in [0.05, 0.1) is 12.2 Å². The first kappa shape index (κ1) is 18.6. The van der Waals surface area contributed by atoms with E-state index in [4.69, 9.17) is 9.47 Å². The lowest BCUT2D eigenvalue weighted by molar-refractivity contribution is -0.146. The van der Waals surface area contributed by atoms with Gasteiger partial charge in [0.1, 0.15) is 6.61 Å². The van der Waals surface area contributed by atoms with Gasteiger partial charge in [-0.1, -0.05) is 67.6 Å². The van der Waals surface area contributed by atoms with Gasteiger partial charge in [-0.3, -0.25) is 9.59 Å². The molecule has 4 heteroatoms. The van der Waals surface area contributed by atoms with Gasteiger partial charge in [-0.15, -0.1) is 0 Å². The first-order valence-electron chi connectivity index (χ1n) is 9.01. The maximum Gasteiger partial charge on any atom is 0.293 e. The molecule has 2 aromatic rings. The number of hydrogen-bond donors (Lipinski definition) is 0. The SMILES string of the molecule is CCC=CC=COCC(=O)C(OC=O)C1c2ccccc2-c2ccccc21. The van der Waals surface area contributed by atoms with Crippen molar-refractivity contribution in [1.29, 1.82) is 0 Å². The number of Topliss-reactive ketones (excluding diaryl/α,β-unsaturated/α-hetero) is 1. The highest BCUT2D eigenvalue weighted by Crippen LogP contribution is 2.46. The van der Waals surface area contributed by atoms with Gasteiger partial charge >= 0.3 is 0 Å². The molecule has 27 heavy (non-hydrogen) atoms. The molecule has 0 aromatic heterocycles. The quantitative estimate of drug-likeness (QED) is 0.377. The third-order valence-corrected chi connectivity index (χ3v) is 4.59. The minimum atomic E-state index is -0.924. The van der Waals surface area contributed by atoms with E-state index in [2.05, 4.69) is 0 Å². The van der Waals surface area contributed by atoms with Crippen LogP contribution in [0.15, 0.2) is 73.0 Å². The third kappa shape index (κ3) is 4.00. The summed E-state index contributed by atoms with van der Waals surface area (Å²) in [7, 11) is 0. The number of carbonyl (C=O) groups excluding carboxylic acids is 2. The summed E-state index contributed by atoms with van der Waals surface area (Å²) >= 11 is 0. The van der Waals surface area contributed by atoms with Crippen molar-refractivity contribution in [2.24, 2.45) is 0 Å². The number of benzene rings is 2. The van der Waals surface area contributed by atoms with Crippen LogP contribution in [0.4, 0.5) is 0 Å². The van der Waals surface area contributed by atoms with E-state index < -0.39 is 6.10 Å². The van der Waals surface area contributed by atoms with E-state index in [1.165, 1.54) is 6.26 Å². The van der Waals surface area contributed by atoms with Crippen LogP contribution in [0.2, 0.25) is 0 Å². The molecular weight excluding hydrogens is 340 g/mol. The van der Waals surface area contributed by atoms with Crippen LogP contribution in [0.1, 0.15) is 30.4 Å². The number of hydrogen-bond acceptors (Lipinski definition) is 4. The lowest BCUT2D eigenvalue weighted by Crippen LogP contribution is -2.33. The Bertz CT molecular complexity index is 821. The molecule has 0 aliphatic heterocycles. The summed E-state index contributed by atoms with van der Waals surface area (Å²) in [5.41, 5.74) is 4.10. The second-order valence-corrected chi connectivity index (χ2v) is 6.25. The van der Waals surface area contributed by atoms with Crippen molar-refractivity contribution < 1.29 is 19.1 Å². The molecule has 0 spiro atoms. The highest BCUT2D eigenvalue weighted by molar-refractivity contribution is 5.90. The fraction of sp³-hybridized carbons (Fsp3) is 0.217. The topological polar surface area (TPSA) is 52.6 Å². The molecule has 1 aliphatic carbocycles. The molecule has 1 unspecified atom stereocenters. The van der Waals surface area contributed by atoms with Crippen LogP contribution >= 0.6 is 0 Å². The van der Waals surface area contributed by atoms with Crippen molar-refractivity contribution in [3.05, 3.63) is 84.1 Å². The molecule has 0 saturated heterocycles. The van der Waals surface area contributed by atoms with Gasteiger partial charge < -0.3 is 9.47 Å². The van der Waals surface area contributed by atoms with Crippen molar-refractivity contribution in [2.45, 2.75) is 25.4 Å². The van der Waals surface area contributed by atoms with Crippen LogP contribution < -0.4 is 0 Å². The molecule has 0 amide bonds. The van der Waals surface area contributed by atoms with Gasteiger partial charge in [0.15, 0.2) is 6.10 Å². The fourth-order valence-electron chi connectivity index (χ4n) is 3.45. The second kappa shape index (κ2) is 8.99. The zero-order valence-electron chi connectivity index (χ0n) is 15.2. The maximum absolute atomic E-state index is 12.8. The van der Waals surface area contributed by atoms with Crippen LogP contribution in [0, 0.1) is 0 Å². The van der Waals surface area contributed by atoms with Crippen molar-refractivity contribution in [2.75, 3.05) is 6.61 Å². The van der Waals surface area contributed by atoms with E-state index >= 15 is 0 Å². The highest BCUT2D eigenvalue weighted by atomic mass is 16.5. The zero-order valence-corrected chi connectivity index (χ0v) is 15.2. The fourth-order valence-corrected chi connectivity index (χ4v) is 3.45. The molecule has 0 fully saturated rings. The highest BCUT2D eigenvalue weighted by Gasteiger charge is 2.39. The van der Waals surface area contributed by atoms with E-state index in [9.17, 15) is 9.59 Å². The summed E-state index contributed by atoms with van der Waals surface area (Å²) in [5, 5.41) is 0. The minimum absolute atomic E-state index is 0.157. The largest absolute Gasteiger partial charge is 0.493 e. The average molecular weight is 362 g/mol. The first-order chi connectivity index (χ1) is 13.3. The van der Waals surface area contributed by atoms with Gasteiger partial charge in [-0.25, -0.2) is 0 Å². The monoisotopic (exact) mass is 362 g/mol. The Balaban J connectivity index is 1.84. The van der Waals surface area contributed by atoms with E-state index in [0.717, 1.165) is 28.7 Å². The predicted octanol–water partition coefficient (Wildman–Crippen LogP) is 4.41. The van der Waals surface area contributed by atoms with E-state index in [-0.39, 0.29) is 18.3 Å². The molecule has 3 rings (SSSR count). The standard InChI is InChI=1S/C23H22O4/c1-2-3-4-9-14-26-15-21(25)23(27-16-24)22-19-12-7-5-10-17(19)18-11-6-8-13-20(18)22/h3-14,16,22-23H,2,15H2,1H3. The molecule has 0 bridgehead atoms. The number of rotatable bonds is 9. The Morgan fingerprint density at radius 2 is 1.67 bits per heavy atom. The summed E-state index contributed by atoms with van der Waals surface area (Å²) < 4.78 is 10.6. The normalized spacial score (nSPS) is 14.1. The Kier molecular flexibility index (Phi) is 6.21. The number of fused-ring (bicyclic) bond motifs is 3. The molecule has 0 radical (unpaired) electrons. The van der Waals surface area contributed by atoms with Gasteiger partial charge in [0.2, 0.25) is 5.78 Å². The van der Waals surface area contributed by atoms with Crippen LogP contribution in [0.3, 0.4) is 0 Å². The summed E-state index contributed by atoms with van der Waals surface area (Å²) in [6.45, 7) is 2.22. The molecule has 1 aliphatic rings. The van der Waals surface area contributed by atoms with Crippen molar-refractivity contribution in [3.63, 3.8) is 0 Å². The Morgan fingerprint density at radius 1 is 1.04 bits per heavy atom. The van der Waals surface area contributed by atoms with Crippen molar-refractivity contribution in [3.8, 4) is 11.1 Å². The molecule has 1 atom stereocenters. The number of ether oxygens (including phenoxy) is 2. The van der Waals surface area contributed by atoms with Crippen molar-refractivity contribution >= 4 is 12.3 Å². The molecule has 138 valence electrons. The summed E-state index contributed by atoms with van der Waals surface area (Å²) in [6.07, 6.45) is 7.04. The Hall–Kier alpha value is -3.14. The predicted molar refractivity (Wildman–Crippen MR) is 104 cm³/mol. The molecular formula is C23H22O4. The van der Waals surface area contributed by atoms with Gasteiger partial charge in [-0.2, -0.15) is 0 Å². The number of carbonyl (C=O) groups is 2. The zero-order chi connectivity index (χ0) is 19.1.